The first kappa shape index (κ1) is 23.4. The lowest BCUT2D eigenvalue weighted by Gasteiger charge is -2.45. The minimum absolute atomic E-state index is 0.0680. The average Bonchev–Trinajstić information content (AvgIpc) is 3.38. The molecule has 3 aromatic carbocycles. The third kappa shape index (κ3) is 3.77. The second-order valence-corrected chi connectivity index (χ2v) is 10.4. The van der Waals surface area contributed by atoms with Gasteiger partial charge in [0.1, 0.15) is 11.4 Å². The van der Waals surface area contributed by atoms with Crippen LogP contribution >= 0.6 is 0 Å². The third-order valence-electron chi connectivity index (χ3n) is 8.38. The van der Waals surface area contributed by atoms with Gasteiger partial charge in [-0.2, -0.15) is 0 Å². The number of aliphatic hydroxyl groups excluding tert-OH is 1. The van der Waals surface area contributed by atoms with Gasteiger partial charge >= 0.3 is 0 Å². The fourth-order valence-electron chi connectivity index (χ4n) is 6.66. The molecule has 3 aliphatic rings. The summed E-state index contributed by atoms with van der Waals surface area (Å²) >= 11 is 0. The predicted molar refractivity (Wildman–Crippen MR) is 139 cm³/mol. The number of β-amino-alcohol motifs (C(OH)–C–C–N with tert-alkyl or cyclic N) is 1. The van der Waals surface area contributed by atoms with Crippen molar-refractivity contribution in [1.29, 1.82) is 0 Å². The molecular weight excluding hydrogens is 455 g/mol. The van der Waals surface area contributed by atoms with Gasteiger partial charge < -0.3 is 20.2 Å². The number of likely N-dealkylation sites (N-methyl/N-ethyl adjacent to an activating group) is 1. The van der Waals surface area contributed by atoms with Crippen LogP contribution in [0.15, 0.2) is 60.7 Å². The number of hydrogen-bond acceptors (Lipinski definition) is 5. The second kappa shape index (κ2) is 9.14. The Morgan fingerprint density at radius 1 is 1.08 bits per heavy atom. The lowest BCUT2D eigenvalue weighted by molar-refractivity contribution is -0.135. The lowest BCUT2D eigenvalue weighted by Crippen LogP contribution is -2.57. The third-order valence-corrected chi connectivity index (χ3v) is 8.38. The molecule has 2 fully saturated rings. The largest absolute Gasteiger partial charge is 0.390 e. The van der Waals surface area contributed by atoms with E-state index in [1.165, 1.54) is 34.0 Å². The molecule has 2 aliphatic heterocycles. The highest BCUT2D eigenvalue weighted by molar-refractivity contribution is 5.94. The maximum atomic E-state index is 13.9. The fourth-order valence-corrected chi connectivity index (χ4v) is 6.66. The summed E-state index contributed by atoms with van der Waals surface area (Å²) in [7, 11) is 1.79. The molecule has 36 heavy (non-hydrogen) atoms. The van der Waals surface area contributed by atoms with Crippen molar-refractivity contribution in [3.05, 3.63) is 77.6 Å². The number of halogens is 1. The van der Waals surface area contributed by atoms with Crippen molar-refractivity contribution in [1.82, 2.24) is 15.1 Å². The molecule has 1 amide bonds. The Bertz CT molecular complexity index is 1270. The van der Waals surface area contributed by atoms with Crippen LogP contribution in [-0.2, 0) is 11.2 Å². The summed E-state index contributed by atoms with van der Waals surface area (Å²) in [4.78, 5) is 20.3. The number of aliphatic hydroxyl groups is 1. The van der Waals surface area contributed by atoms with Gasteiger partial charge in [-0.05, 0) is 72.5 Å². The summed E-state index contributed by atoms with van der Waals surface area (Å²) in [5, 5.41) is 16.1. The molecule has 0 bridgehead atoms. The SMILES string of the molecule is CNCC(O)CN1CN(c2ccc(F)cc2)C2(CCN(C3Cc4cccc5cccc3c45)CC2)C1=O. The van der Waals surface area contributed by atoms with Crippen molar-refractivity contribution < 1.29 is 14.3 Å². The Kier molecular flexibility index (Phi) is 5.94. The summed E-state index contributed by atoms with van der Waals surface area (Å²) in [5.74, 6) is -0.220. The van der Waals surface area contributed by atoms with Crippen molar-refractivity contribution in [3.63, 3.8) is 0 Å². The van der Waals surface area contributed by atoms with Gasteiger partial charge in [-0.3, -0.25) is 9.69 Å². The molecule has 6 rings (SSSR count). The van der Waals surface area contributed by atoms with Crippen molar-refractivity contribution in [2.75, 3.05) is 44.8 Å². The minimum atomic E-state index is -0.675. The van der Waals surface area contributed by atoms with Crippen LogP contribution in [0.25, 0.3) is 10.8 Å². The molecule has 1 aliphatic carbocycles. The van der Waals surface area contributed by atoms with Crippen molar-refractivity contribution in [2.45, 2.75) is 36.9 Å². The minimum Gasteiger partial charge on any atom is -0.390 e. The van der Waals surface area contributed by atoms with Gasteiger partial charge in [-0.25, -0.2) is 4.39 Å². The Morgan fingerprint density at radius 2 is 1.81 bits per heavy atom. The molecule has 1 spiro atoms. The van der Waals surface area contributed by atoms with E-state index >= 15 is 0 Å². The Morgan fingerprint density at radius 3 is 2.53 bits per heavy atom. The van der Waals surface area contributed by atoms with Crippen LogP contribution in [0.5, 0.6) is 0 Å². The first-order chi connectivity index (χ1) is 17.5. The Hall–Kier alpha value is -3.00. The fraction of sp³-hybridized carbons (Fsp3) is 0.414. The number of amides is 1. The average molecular weight is 489 g/mol. The topological polar surface area (TPSA) is 59.1 Å². The highest BCUT2D eigenvalue weighted by Crippen LogP contribution is 2.45. The summed E-state index contributed by atoms with van der Waals surface area (Å²) in [5.41, 5.74) is 2.97. The summed E-state index contributed by atoms with van der Waals surface area (Å²) in [6.07, 6.45) is 1.76. The molecule has 0 radical (unpaired) electrons. The van der Waals surface area contributed by atoms with E-state index in [9.17, 15) is 14.3 Å². The van der Waals surface area contributed by atoms with E-state index in [1.54, 1.807) is 24.1 Å². The summed E-state index contributed by atoms with van der Waals surface area (Å²) in [6, 6.07) is 19.9. The van der Waals surface area contributed by atoms with Crippen LogP contribution in [0.2, 0.25) is 0 Å². The number of likely N-dealkylation sites (tertiary alicyclic amines) is 1. The van der Waals surface area contributed by atoms with Crippen molar-refractivity contribution >= 4 is 22.4 Å². The van der Waals surface area contributed by atoms with Crippen LogP contribution in [0.3, 0.4) is 0 Å². The number of nitrogens with one attached hydrogen (secondary N) is 1. The lowest BCUT2D eigenvalue weighted by atomic mass is 9.84. The number of rotatable bonds is 6. The van der Waals surface area contributed by atoms with Gasteiger partial charge in [0, 0.05) is 37.9 Å². The Labute approximate surface area is 211 Å². The number of hydrogen-bond donors (Lipinski definition) is 2. The maximum Gasteiger partial charge on any atom is 0.250 e. The van der Waals surface area contributed by atoms with E-state index in [2.05, 4.69) is 51.5 Å². The predicted octanol–water partition coefficient (Wildman–Crippen LogP) is 3.30. The van der Waals surface area contributed by atoms with E-state index in [0.717, 1.165) is 25.2 Å². The second-order valence-electron chi connectivity index (χ2n) is 10.4. The van der Waals surface area contributed by atoms with E-state index in [-0.39, 0.29) is 18.3 Å². The zero-order chi connectivity index (χ0) is 24.9. The van der Waals surface area contributed by atoms with Crippen LogP contribution in [0, 0.1) is 5.82 Å². The Balaban J connectivity index is 1.26. The summed E-state index contributed by atoms with van der Waals surface area (Å²) < 4.78 is 13.7. The summed E-state index contributed by atoms with van der Waals surface area (Å²) in [6.45, 7) is 2.73. The molecule has 6 nitrogen and oxygen atoms in total. The molecule has 2 saturated heterocycles. The normalized spacial score (nSPS) is 22.2. The van der Waals surface area contributed by atoms with Crippen molar-refractivity contribution in [3.8, 4) is 0 Å². The van der Waals surface area contributed by atoms with Gasteiger partial charge in [0.15, 0.2) is 0 Å². The molecule has 0 aromatic heterocycles. The standard InChI is InChI=1S/C29H33FN4O2/c1-31-17-24(35)18-33-19-34(23-10-8-22(30)9-11-23)29(28(33)36)12-14-32(15-13-29)26-16-21-6-2-4-20-5-3-7-25(26)27(20)21/h2-11,24,26,31,35H,12-19H2,1H3. The molecular formula is C29H33FN4O2. The van der Waals surface area contributed by atoms with Crippen LogP contribution in [0.4, 0.5) is 10.1 Å². The van der Waals surface area contributed by atoms with Crippen LogP contribution < -0.4 is 10.2 Å². The smallest absolute Gasteiger partial charge is 0.250 e. The molecule has 0 saturated carbocycles. The van der Waals surface area contributed by atoms with Gasteiger partial charge in [0.2, 0.25) is 5.91 Å². The zero-order valence-corrected chi connectivity index (χ0v) is 20.7. The molecule has 2 unspecified atom stereocenters. The number of nitrogens with zero attached hydrogens (tertiary/aromatic N) is 3. The van der Waals surface area contributed by atoms with Gasteiger partial charge in [0.25, 0.3) is 0 Å². The van der Waals surface area contributed by atoms with Gasteiger partial charge in [0.05, 0.1) is 12.8 Å². The van der Waals surface area contributed by atoms with E-state index in [0.29, 0.717) is 32.1 Å². The number of carbonyl (C=O) groups is 1. The van der Waals surface area contributed by atoms with E-state index in [1.807, 2.05) is 0 Å². The van der Waals surface area contributed by atoms with Gasteiger partial charge in [-0.15, -0.1) is 0 Å². The number of benzene rings is 3. The zero-order valence-electron chi connectivity index (χ0n) is 20.7. The van der Waals surface area contributed by atoms with Crippen molar-refractivity contribution in [2.24, 2.45) is 0 Å². The monoisotopic (exact) mass is 488 g/mol. The number of carbonyl (C=O) groups excluding carboxylic acids is 1. The molecule has 2 atom stereocenters. The first-order valence-electron chi connectivity index (χ1n) is 12.9. The molecule has 2 N–H and O–H groups in total. The maximum absolute atomic E-state index is 13.9. The quantitative estimate of drug-likeness (QED) is 0.558. The van der Waals surface area contributed by atoms with E-state index < -0.39 is 11.6 Å². The number of anilines is 1. The molecule has 188 valence electrons. The molecule has 3 aromatic rings. The first-order valence-corrected chi connectivity index (χ1v) is 12.9. The van der Waals surface area contributed by atoms with Crippen LogP contribution in [-0.4, -0.2) is 72.4 Å². The van der Waals surface area contributed by atoms with E-state index in [4.69, 9.17) is 0 Å². The highest BCUT2D eigenvalue weighted by Gasteiger charge is 2.54. The van der Waals surface area contributed by atoms with Crippen LogP contribution in [0.1, 0.15) is 30.0 Å². The molecule has 2 heterocycles. The van der Waals surface area contributed by atoms with Gasteiger partial charge in [-0.1, -0.05) is 36.4 Å². The molecule has 7 heteroatoms. The number of piperidine rings is 1. The highest BCUT2D eigenvalue weighted by atomic mass is 19.1.